The van der Waals surface area contributed by atoms with E-state index in [1.54, 1.807) is 18.2 Å². The minimum atomic E-state index is -5.59. The maximum atomic E-state index is 12.0. The van der Waals surface area contributed by atoms with E-state index >= 15 is 0 Å². The third-order valence-electron chi connectivity index (χ3n) is 1.56. The van der Waals surface area contributed by atoms with Crippen molar-refractivity contribution in [2.45, 2.75) is 10.5 Å². The second-order valence-electron chi connectivity index (χ2n) is 2.72. The lowest BCUT2D eigenvalue weighted by Gasteiger charge is -2.13. The van der Waals surface area contributed by atoms with Crippen molar-refractivity contribution >= 4 is 26.0 Å². The highest BCUT2D eigenvalue weighted by atomic mass is 79.9. The molecule has 9 heteroatoms. The van der Waals surface area contributed by atoms with Crippen LogP contribution in [-0.2, 0) is 14.3 Å². The Morgan fingerprint density at radius 1 is 1.18 bits per heavy atom. The normalized spacial score (nSPS) is 13.9. The number of benzene rings is 1. The molecule has 0 spiro atoms. The molecule has 0 bridgehead atoms. The summed E-state index contributed by atoms with van der Waals surface area (Å²) >= 11 is 2.71. The van der Waals surface area contributed by atoms with Gasteiger partial charge in [0, 0.05) is 0 Å². The van der Waals surface area contributed by atoms with E-state index in [0.717, 1.165) is 0 Å². The summed E-state index contributed by atoms with van der Waals surface area (Å²) < 4.78 is 61.2. The van der Waals surface area contributed by atoms with Gasteiger partial charge in [0.25, 0.3) is 0 Å². The molecule has 1 rings (SSSR count). The summed E-state index contributed by atoms with van der Waals surface area (Å²) in [6, 6.07) is 7.61. The molecular formula is C8H9BrF3NO3S. The van der Waals surface area contributed by atoms with Crippen LogP contribution in [0.2, 0.25) is 0 Å². The number of alkyl halides is 4. The van der Waals surface area contributed by atoms with Gasteiger partial charge in [-0.15, -0.1) is 0 Å². The monoisotopic (exact) mass is 335 g/mol. The fraction of sp³-hybridized carbons (Fsp3) is 0.250. The topological polar surface area (TPSA) is 78.4 Å². The predicted molar refractivity (Wildman–Crippen MR) is 59.2 cm³/mol. The molecule has 3 N–H and O–H groups in total. The van der Waals surface area contributed by atoms with Crippen molar-refractivity contribution in [1.82, 2.24) is 6.15 Å². The lowest BCUT2D eigenvalue weighted by Crippen LogP contribution is -2.26. The molecule has 0 aliphatic rings. The van der Waals surface area contributed by atoms with Crippen LogP contribution in [0.4, 0.5) is 13.2 Å². The smallest absolute Gasteiger partial charge is 0.344 e. The van der Waals surface area contributed by atoms with Crippen molar-refractivity contribution in [2.24, 2.45) is 0 Å². The van der Waals surface area contributed by atoms with Gasteiger partial charge in [0.05, 0.1) is 0 Å². The molecule has 0 radical (unpaired) electrons. The summed E-state index contributed by atoms with van der Waals surface area (Å²) in [6.07, 6.45) is 0. The SMILES string of the molecule is N.O=S(=O)(OC(Br)c1ccccc1)C(F)(F)F. The van der Waals surface area contributed by atoms with E-state index in [1.807, 2.05) is 0 Å². The summed E-state index contributed by atoms with van der Waals surface area (Å²) in [5, 5.41) is -1.36. The highest BCUT2D eigenvalue weighted by Gasteiger charge is 2.48. The zero-order valence-electron chi connectivity index (χ0n) is 8.32. The van der Waals surface area contributed by atoms with Gasteiger partial charge in [-0.3, -0.25) is 0 Å². The van der Waals surface area contributed by atoms with Crippen molar-refractivity contribution in [3.8, 4) is 0 Å². The minimum absolute atomic E-state index is 0. The van der Waals surface area contributed by atoms with Gasteiger partial charge in [-0.25, -0.2) is 4.18 Å². The Morgan fingerprint density at radius 2 is 1.65 bits per heavy atom. The van der Waals surface area contributed by atoms with E-state index < -0.39 is 20.6 Å². The van der Waals surface area contributed by atoms with Gasteiger partial charge in [-0.2, -0.15) is 21.6 Å². The zero-order chi connectivity index (χ0) is 12.4. The average Bonchev–Trinajstić information content (AvgIpc) is 2.16. The summed E-state index contributed by atoms with van der Waals surface area (Å²) in [4.78, 5) is 0. The first-order chi connectivity index (χ1) is 7.24. The second-order valence-corrected chi connectivity index (χ2v) is 5.12. The van der Waals surface area contributed by atoms with Crippen LogP contribution in [0.15, 0.2) is 30.3 Å². The van der Waals surface area contributed by atoms with E-state index in [4.69, 9.17) is 0 Å². The molecular weight excluding hydrogens is 327 g/mol. The Morgan fingerprint density at radius 3 is 2.06 bits per heavy atom. The molecule has 0 saturated heterocycles. The Hall–Kier alpha value is -0.640. The number of hydrogen-bond donors (Lipinski definition) is 1. The second kappa shape index (κ2) is 5.80. The number of halogens is 4. The van der Waals surface area contributed by atoms with Crippen LogP contribution in [0.5, 0.6) is 0 Å². The van der Waals surface area contributed by atoms with Crippen molar-refractivity contribution in [1.29, 1.82) is 0 Å². The van der Waals surface area contributed by atoms with E-state index in [-0.39, 0.29) is 11.7 Å². The molecule has 1 aromatic rings. The molecule has 17 heavy (non-hydrogen) atoms. The fourth-order valence-corrected chi connectivity index (χ4v) is 2.18. The van der Waals surface area contributed by atoms with Crippen LogP contribution in [0.1, 0.15) is 10.6 Å². The Balaban J connectivity index is 0.00000256. The third-order valence-corrected chi connectivity index (χ3v) is 3.53. The van der Waals surface area contributed by atoms with Gasteiger partial charge in [-0.05, 0) is 5.56 Å². The van der Waals surface area contributed by atoms with Gasteiger partial charge in [0.15, 0.2) is 5.01 Å². The zero-order valence-corrected chi connectivity index (χ0v) is 10.7. The Bertz CT molecular complexity index is 449. The van der Waals surface area contributed by atoms with Crippen LogP contribution >= 0.6 is 15.9 Å². The van der Waals surface area contributed by atoms with Gasteiger partial charge in [0.1, 0.15) is 0 Å². The molecule has 0 heterocycles. The largest absolute Gasteiger partial charge is 0.523 e. The van der Waals surface area contributed by atoms with Gasteiger partial charge in [0.2, 0.25) is 0 Å². The Labute approximate surface area is 105 Å². The van der Waals surface area contributed by atoms with Gasteiger partial charge in [-0.1, -0.05) is 46.3 Å². The predicted octanol–water partition coefficient (Wildman–Crippen LogP) is 3.11. The van der Waals surface area contributed by atoms with Crippen molar-refractivity contribution in [3.63, 3.8) is 0 Å². The summed E-state index contributed by atoms with van der Waals surface area (Å²) in [6.45, 7) is 0. The first-order valence-electron chi connectivity index (χ1n) is 3.92. The molecule has 0 aliphatic heterocycles. The summed E-state index contributed by atoms with van der Waals surface area (Å²) in [5.74, 6) is 0. The molecule has 0 amide bonds. The van der Waals surface area contributed by atoms with Gasteiger partial charge < -0.3 is 6.15 Å². The highest BCUT2D eigenvalue weighted by Crippen LogP contribution is 2.32. The van der Waals surface area contributed by atoms with E-state index in [9.17, 15) is 21.6 Å². The van der Waals surface area contributed by atoms with Gasteiger partial charge >= 0.3 is 15.6 Å². The Kier molecular flexibility index (Phi) is 5.59. The molecule has 1 atom stereocenters. The first-order valence-corrected chi connectivity index (χ1v) is 6.25. The maximum Gasteiger partial charge on any atom is 0.523 e. The van der Waals surface area contributed by atoms with Crippen LogP contribution in [0, 0.1) is 0 Å². The summed E-state index contributed by atoms with van der Waals surface area (Å²) in [5.41, 5.74) is -5.15. The highest BCUT2D eigenvalue weighted by molar-refractivity contribution is 9.09. The number of hydrogen-bond acceptors (Lipinski definition) is 4. The van der Waals surface area contributed by atoms with Crippen LogP contribution < -0.4 is 6.15 Å². The molecule has 1 unspecified atom stereocenters. The van der Waals surface area contributed by atoms with E-state index in [1.165, 1.54) is 12.1 Å². The van der Waals surface area contributed by atoms with E-state index in [0.29, 0.717) is 0 Å². The van der Waals surface area contributed by atoms with Crippen LogP contribution in [0.25, 0.3) is 0 Å². The van der Waals surface area contributed by atoms with Crippen molar-refractivity contribution < 1.29 is 25.8 Å². The molecule has 0 fully saturated rings. The third kappa shape index (κ3) is 4.26. The van der Waals surface area contributed by atoms with Crippen LogP contribution in [-0.4, -0.2) is 13.9 Å². The van der Waals surface area contributed by atoms with Crippen LogP contribution in [0.3, 0.4) is 0 Å². The maximum absolute atomic E-state index is 12.0. The first kappa shape index (κ1) is 16.4. The quantitative estimate of drug-likeness (QED) is 0.523. The number of rotatable bonds is 3. The van der Waals surface area contributed by atoms with Crippen molar-refractivity contribution in [3.05, 3.63) is 35.9 Å². The average molecular weight is 336 g/mol. The molecule has 0 aromatic heterocycles. The summed E-state index contributed by atoms with van der Waals surface area (Å²) in [7, 11) is -5.59. The van der Waals surface area contributed by atoms with Crippen molar-refractivity contribution in [2.75, 3.05) is 0 Å². The standard InChI is InChI=1S/C8H6BrF3O3S.H3N/c9-7(6-4-2-1-3-5-6)15-16(13,14)8(10,11)12;/h1-5,7H;1H3. The minimum Gasteiger partial charge on any atom is -0.344 e. The fourth-order valence-electron chi connectivity index (χ4n) is 0.826. The molecule has 0 saturated carbocycles. The van der Waals surface area contributed by atoms with E-state index in [2.05, 4.69) is 20.1 Å². The molecule has 4 nitrogen and oxygen atoms in total. The molecule has 0 aliphatic carbocycles. The molecule has 98 valence electrons. The lowest BCUT2D eigenvalue weighted by molar-refractivity contribution is -0.0548. The lowest BCUT2D eigenvalue weighted by atomic mass is 10.2. The molecule has 1 aromatic carbocycles.